The number of thioether (sulfide) groups is 1. The number of aromatic nitrogens is 2. The fraction of sp³-hybridized carbons (Fsp3) is 0.0833. The van der Waals surface area contributed by atoms with E-state index in [4.69, 9.17) is 0 Å². The van der Waals surface area contributed by atoms with Crippen molar-refractivity contribution in [3.63, 3.8) is 0 Å². The predicted molar refractivity (Wildman–Crippen MR) is 67.2 cm³/mol. The molecule has 0 aliphatic carbocycles. The Morgan fingerprint density at radius 3 is 3.12 bits per heavy atom. The van der Waals surface area contributed by atoms with Crippen molar-refractivity contribution in [1.82, 2.24) is 9.97 Å². The van der Waals surface area contributed by atoms with E-state index in [1.165, 1.54) is 0 Å². The number of hydrogen-bond donors (Lipinski definition) is 1. The summed E-state index contributed by atoms with van der Waals surface area (Å²) < 4.78 is 0. The van der Waals surface area contributed by atoms with Crippen molar-refractivity contribution in [2.45, 2.75) is 5.03 Å². The molecular formula is C12H8N4S. The lowest BCUT2D eigenvalue weighted by atomic mass is 10.1. The zero-order valence-corrected chi connectivity index (χ0v) is 9.66. The molecule has 1 aromatic heterocycles. The third-order valence-electron chi connectivity index (χ3n) is 2.86. The molecule has 0 bridgehead atoms. The summed E-state index contributed by atoms with van der Waals surface area (Å²) in [6.07, 6.45) is 1.86. The Kier molecular flexibility index (Phi) is 1.78. The van der Waals surface area contributed by atoms with Crippen LogP contribution in [0.1, 0.15) is 5.56 Å². The molecule has 3 heterocycles. The second-order valence-electron chi connectivity index (χ2n) is 3.86. The molecular weight excluding hydrogens is 232 g/mol. The molecule has 1 aromatic carbocycles. The lowest BCUT2D eigenvalue weighted by Gasteiger charge is -1.95. The van der Waals surface area contributed by atoms with Gasteiger partial charge in [0.2, 0.25) is 0 Å². The molecule has 0 radical (unpaired) electrons. The topological polar surface area (TPSA) is 53.4 Å². The second-order valence-corrected chi connectivity index (χ2v) is 4.79. The van der Waals surface area contributed by atoms with Crippen LogP contribution in [0.15, 0.2) is 39.3 Å². The maximum absolute atomic E-state index is 4.56. The molecule has 5 heteroatoms. The van der Waals surface area contributed by atoms with Crippen LogP contribution in [0.3, 0.4) is 0 Å². The molecule has 4 nitrogen and oxygen atoms in total. The predicted octanol–water partition coefficient (Wildman–Crippen LogP) is 1.01. The van der Waals surface area contributed by atoms with E-state index in [2.05, 4.69) is 26.0 Å². The van der Waals surface area contributed by atoms with Crippen molar-refractivity contribution in [1.29, 1.82) is 0 Å². The number of benzene rings is 1. The van der Waals surface area contributed by atoms with Crippen molar-refractivity contribution in [2.75, 3.05) is 5.88 Å². The highest BCUT2D eigenvalue weighted by Gasteiger charge is 2.15. The van der Waals surface area contributed by atoms with Gasteiger partial charge >= 0.3 is 0 Å². The summed E-state index contributed by atoms with van der Waals surface area (Å²) in [5.74, 6) is 0.772. The van der Waals surface area contributed by atoms with Crippen LogP contribution in [0, 0.1) is 0 Å². The van der Waals surface area contributed by atoms with Gasteiger partial charge in [-0.1, -0.05) is 30.0 Å². The summed E-state index contributed by atoms with van der Waals surface area (Å²) in [4.78, 5) is 16.5. The molecule has 2 aromatic rings. The van der Waals surface area contributed by atoms with E-state index >= 15 is 0 Å². The van der Waals surface area contributed by atoms with Gasteiger partial charge in [0.15, 0.2) is 5.49 Å². The van der Waals surface area contributed by atoms with Gasteiger partial charge in [-0.25, -0.2) is 4.98 Å². The van der Waals surface area contributed by atoms with Crippen molar-refractivity contribution in [3.05, 3.63) is 40.8 Å². The Morgan fingerprint density at radius 1 is 1.24 bits per heavy atom. The Bertz CT molecular complexity index is 757. The van der Waals surface area contributed by atoms with E-state index in [9.17, 15) is 0 Å². The summed E-state index contributed by atoms with van der Waals surface area (Å²) in [6, 6.07) is 8.08. The molecule has 0 amide bonds. The van der Waals surface area contributed by atoms with Gasteiger partial charge in [0.25, 0.3) is 0 Å². The first-order valence-electron chi connectivity index (χ1n) is 5.33. The molecule has 0 saturated heterocycles. The van der Waals surface area contributed by atoms with Crippen LogP contribution >= 0.6 is 11.8 Å². The Hall–Kier alpha value is -1.88. The minimum absolute atomic E-state index is 0.772. The summed E-state index contributed by atoms with van der Waals surface area (Å²) in [5.41, 5.74) is 4.94. The first-order chi connectivity index (χ1) is 8.42. The number of rotatable bonds is 0. The molecule has 1 N–H and O–H groups in total. The summed E-state index contributed by atoms with van der Waals surface area (Å²) in [5, 5.41) is 0.991. The lowest BCUT2D eigenvalue weighted by molar-refractivity contribution is 1.10. The maximum Gasteiger partial charge on any atom is 0.160 e. The highest BCUT2D eigenvalue weighted by molar-refractivity contribution is 7.99. The molecule has 2 aliphatic heterocycles. The number of aromatic amines is 1. The van der Waals surface area contributed by atoms with E-state index in [1.807, 2.05) is 24.4 Å². The van der Waals surface area contributed by atoms with Crippen LogP contribution in [0.2, 0.25) is 0 Å². The summed E-state index contributed by atoms with van der Waals surface area (Å²) >= 11 is 1.66. The number of para-hydroxylation sites is 1. The zero-order chi connectivity index (χ0) is 11.2. The largest absolute Gasteiger partial charge is 0.322 e. The van der Waals surface area contributed by atoms with Gasteiger partial charge in [-0.15, -0.1) is 0 Å². The van der Waals surface area contributed by atoms with Crippen molar-refractivity contribution < 1.29 is 0 Å². The average molecular weight is 240 g/mol. The van der Waals surface area contributed by atoms with Crippen LogP contribution < -0.4 is 11.0 Å². The molecule has 17 heavy (non-hydrogen) atoms. The first-order valence-corrected chi connectivity index (χ1v) is 6.31. The SMILES string of the molecule is C1=Nc2ccccc2/C1=c1/nc2c([nH]1)=NCS2. The Balaban J connectivity index is 2.05. The zero-order valence-electron chi connectivity index (χ0n) is 8.84. The Labute approximate surface area is 101 Å². The highest BCUT2D eigenvalue weighted by atomic mass is 32.2. The third-order valence-corrected chi connectivity index (χ3v) is 3.68. The average Bonchev–Trinajstić information content (AvgIpc) is 3.01. The van der Waals surface area contributed by atoms with E-state index < -0.39 is 0 Å². The standard InChI is InChI=1S/C12H8N4S/c1-2-4-9-7(3-1)8(5-13-9)10-15-11-12(16-10)17-6-14-11/h1-5H,6H2,(H,14,15)/b10-8+. The monoisotopic (exact) mass is 240 g/mol. The van der Waals surface area contributed by atoms with Gasteiger partial charge in [0.1, 0.15) is 10.5 Å². The van der Waals surface area contributed by atoms with E-state index in [0.29, 0.717) is 0 Å². The van der Waals surface area contributed by atoms with Gasteiger partial charge in [-0.05, 0) is 6.07 Å². The summed E-state index contributed by atoms with van der Waals surface area (Å²) in [6.45, 7) is 0. The molecule has 0 spiro atoms. The molecule has 0 unspecified atom stereocenters. The third kappa shape index (κ3) is 1.29. The smallest absolute Gasteiger partial charge is 0.160 e. The number of fused-ring (bicyclic) bond motifs is 2. The van der Waals surface area contributed by atoms with E-state index in [1.54, 1.807) is 11.8 Å². The highest BCUT2D eigenvalue weighted by Crippen LogP contribution is 2.28. The van der Waals surface area contributed by atoms with Crippen molar-refractivity contribution >= 4 is 29.2 Å². The van der Waals surface area contributed by atoms with Crippen LogP contribution in [-0.2, 0) is 0 Å². The molecule has 4 rings (SSSR count). The fourth-order valence-electron chi connectivity index (χ4n) is 2.05. The second kappa shape index (κ2) is 3.30. The van der Waals surface area contributed by atoms with E-state index in [-0.39, 0.29) is 0 Å². The van der Waals surface area contributed by atoms with E-state index in [0.717, 1.165) is 38.7 Å². The van der Waals surface area contributed by atoms with Crippen molar-refractivity contribution in [3.8, 4) is 0 Å². The number of imidazole rings is 1. The number of aliphatic imine (C=N–C) groups is 1. The molecule has 0 fully saturated rings. The molecule has 2 aliphatic rings. The number of nitrogens with one attached hydrogen (secondary N) is 1. The van der Waals surface area contributed by atoms with Gasteiger partial charge in [0, 0.05) is 17.4 Å². The number of nitrogens with zero attached hydrogens (tertiary/aromatic N) is 3. The first kappa shape index (κ1) is 9.18. The number of hydrogen-bond acceptors (Lipinski definition) is 4. The van der Waals surface area contributed by atoms with Gasteiger partial charge < -0.3 is 4.98 Å². The van der Waals surface area contributed by atoms with Crippen LogP contribution in [-0.4, -0.2) is 22.1 Å². The van der Waals surface area contributed by atoms with Crippen LogP contribution in [0.5, 0.6) is 0 Å². The van der Waals surface area contributed by atoms with Crippen LogP contribution in [0.4, 0.5) is 5.69 Å². The maximum atomic E-state index is 4.56. The van der Waals surface area contributed by atoms with Gasteiger partial charge in [-0.3, -0.25) is 9.98 Å². The molecule has 0 saturated carbocycles. The lowest BCUT2D eigenvalue weighted by Crippen LogP contribution is -2.15. The summed E-state index contributed by atoms with van der Waals surface area (Å²) in [7, 11) is 0. The van der Waals surface area contributed by atoms with Crippen molar-refractivity contribution in [2.24, 2.45) is 9.98 Å². The van der Waals surface area contributed by atoms with Gasteiger partial charge in [-0.2, -0.15) is 0 Å². The van der Waals surface area contributed by atoms with Crippen LogP contribution in [0.25, 0.3) is 5.57 Å². The molecule has 82 valence electrons. The minimum Gasteiger partial charge on any atom is -0.322 e. The van der Waals surface area contributed by atoms with Gasteiger partial charge in [0.05, 0.1) is 11.6 Å². The normalized spacial score (nSPS) is 19.1. The minimum atomic E-state index is 0.772. The number of H-pyrrole nitrogens is 1. The Morgan fingerprint density at radius 2 is 2.18 bits per heavy atom. The fourth-order valence-corrected chi connectivity index (χ4v) is 2.77. The quantitative estimate of drug-likeness (QED) is 0.747. The molecule has 0 atom stereocenters.